The molecule has 0 unspecified atom stereocenters. The van der Waals surface area contributed by atoms with Gasteiger partial charge in [0.2, 0.25) is 0 Å². The Labute approximate surface area is 140 Å². The van der Waals surface area contributed by atoms with Gasteiger partial charge in [-0.3, -0.25) is 9.69 Å². The Balaban J connectivity index is 1.82. The Bertz CT molecular complexity index is 628. The van der Waals surface area contributed by atoms with Crippen molar-refractivity contribution < 1.29 is 14.7 Å². The van der Waals surface area contributed by atoms with Crippen molar-refractivity contribution in [2.45, 2.75) is 43.7 Å². The van der Waals surface area contributed by atoms with E-state index in [1.165, 1.54) is 4.90 Å². The van der Waals surface area contributed by atoms with E-state index in [-0.39, 0.29) is 18.5 Å². The monoisotopic (exact) mass is 336 g/mol. The molecule has 5 nitrogen and oxygen atoms in total. The van der Waals surface area contributed by atoms with Gasteiger partial charge in [0.25, 0.3) is 5.91 Å². The Morgan fingerprint density at radius 3 is 2.52 bits per heavy atom. The van der Waals surface area contributed by atoms with Crippen LogP contribution < -0.4 is 0 Å². The smallest absolute Gasteiger partial charge is 0.327 e. The van der Waals surface area contributed by atoms with Gasteiger partial charge >= 0.3 is 6.03 Å². The number of carbonyl (C=O) groups excluding carboxylic acids is 2. The largest absolute Gasteiger partial charge is 0.386 e. The van der Waals surface area contributed by atoms with Crippen LogP contribution in [-0.4, -0.2) is 46.0 Å². The summed E-state index contributed by atoms with van der Waals surface area (Å²) >= 11 is 6.09. The van der Waals surface area contributed by atoms with E-state index in [9.17, 15) is 14.7 Å². The number of aliphatic hydroxyl groups is 1. The first-order valence-electron chi connectivity index (χ1n) is 7.99. The molecule has 1 aliphatic heterocycles. The molecule has 3 rings (SSSR count). The van der Waals surface area contributed by atoms with E-state index in [0.717, 1.165) is 19.3 Å². The molecule has 1 atom stereocenters. The maximum atomic E-state index is 12.9. The Morgan fingerprint density at radius 2 is 1.87 bits per heavy atom. The third-order valence-electron chi connectivity index (χ3n) is 5.10. The van der Waals surface area contributed by atoms with Crippen LogP contribution in [0.5, 0.6) is 0 Å². The number of benzene rings is 1. The average molecular weight is 337 g/mol. The first kappa shape index (κ1) is 16.3. The topological polar surface area (TPSA) is 60.9 Å². The minimum Gasteiger partial charge on any atom is -0.386 e. The fourth-order valence-corrected chi connectivity index (χ4v) is 3.97. The van der Waals surface area contributed by atoms with Crippen LogP contribution in [0.25, 0.3) is 0 Å². The summed E-state index contributed by atoms with van der Waals surface area (Å²) in [6, 6.07) is 6.60. The van der Waals surface area contributed by atoms with Crippen molar-refractivity contribution in [3.8, 4) is 0 Å². The molecular formula is C17H21ClN2O3. The highest BCUT2D eigenvalue weighted by Gasteiger charge is 2.55. The lowest BCUT2D eigenvalue weighted by Crippen LogP contribution is -2.49. The second kappa shape index (κ2) is 6.13. The molecule has 2 fully saturated rings. The number of hydrogen-bond donors (Lipinski definition) is 1. The lowest BCUT2D eigenvalue weighted by atomic mass is 9.80. The Hall–Kier alpha value is -1.59. The van der Waals surface area contributed by atoms with Crippen molar-refractivity contribution in [1.29, 1.82) is 0 Å². The molecule has 1 saturated carbocycles. The molecule has 124 valence electrons. The molecule has 0 bridgehead atoms. The minimum absolute atomic E-state index is 0.0620. The van der Waals surface area contributed by atoms with Crippen LogP contribution in [0.4, 0.5) is 4.79 Å². The number of aliphatic hydroxyl groups excluding tert-OH is 1. The summed E-state index contributed by atoms with van der Waals surface area (Å²) in [4.78, 5) is 28.1. The number of nitrogens with zero attached hydrogens (tertiary/aromatic N) is 2. The third-order valence-corrected chi connectivity index (χ3v) is 5.45. The second-order valence-electron chi connectivity index (χ2n) is 6.39. The number of amides is 3. The summed E-state index contributed by atoms with van der Waals surface area (Å²) in [6.07, 6.45) is 3.41. The molecule has 0 aromatic heterocycles. The number of carbonyl (C=O) groups is 2. The third kappa shape index (κ3) is 2.62. The zero-order chi connectivity index (χ0) is 16.6. The lowest BCUT2D eigenvalue weighted by molar-refractivity contribution is -0.135. The fraction of sp³-hybridized carbons (Fsp3) is 0.529. The zero-order valence-electron chi connectivity index (χ0n) is 13.2. The SMILES string of the molecule is CN1C(=O)N(C[C@H](O)c2ccccc2Cl)C(=O)C12CCCCC2. The first-order valence-corrected chi connectivity index (χ1v) is 8.37. The van der Waals surface area contributed by atoms with Crippen LogP contribution >= 0.6 is 11.6 Å². The number of hydrogen-bond acceptors (Lipinski definition) is 3. The van der Waals surface area contributed by atoms with Gasteiger partial charge in [0.1, 0.15) is 5.54 Å². The van der Waals surface area contributed by atoms with Gasteiger partial charge in [-0.05, 0) is 18.9 Å². The predicted octanol–water partition coefficient (Wildman–Crippen LogP) is 2.97. The molecule has 23 heavy (non-hydrogen) atoms. The zero-order valence-corrected chi connectivity index (χ0v) is 13.9. The molecule has 2 aliphatic rings. The van der Waals surface area contributed by atoms with Gasteiger partial charge in [-0.25, -0.2) is 4.79 Å². The van der Waals surface area contributed by atoms with Crippen LogP contribution in [0, 0.1) is 0 Å². The van der Waals surface area contributed by atoms with E-state index in [2.05, 4.69) is 0 Å². The van der Waals surface area contributed by atoms with E-state index < -0.39 is 11.6 Å². The minimum atomic E-state index is -0.983. The van der Waals surface area contributed by atoms with E-state index in [1.807, 2.05) is 0 Å². The number of likely N-dealkylation sites (N-methyl/N-ethyl adjacent to an activating group) is 1. The van der Waals surface area contributed by atoms with Crippen LogP contribution in [0.1, 0.15) is 43.8 Å². The fourth-order valence-electron chi connectivity index (χ4n) is 3.71. The molecule has 1 aromatic carbocycles. The van der Waals surface area contributed by atoms with Gasteiger partial charge in [0.05, 0.1) is 12.6 Å². The molecule has 1 heterocycles. The highest BCUT2D eigenvalue weighted by Crippen LogP contribution is 2.40. The van der Waals surface area contributed by atoms with Gasteiger partial charge in [-0.15, -0.1) is 0 Å². The van der Waals surface area contributed by atoms with Crippen molar-refractivity contribution in [1.82, 2.24) is 9.80 Å². The summed E-state index contributed by atoms with van der Waals surface area (Å²) in [6.45, 7) is -0.0620. The van der Waals surface area contributed by atoms with Crippen LogP contribution in [0.15, 0.2) is 24.3 Å². The molecule has 3 amide bonds. The molecule has 1 spiro atoms. The summed E-state index contributed by atoms with van der Waals surface area (Å²) in [5.74, 6) is -0.184. The molecule has 1 aliphatic carbocycles. The van der Waals surface area contributed by atoms with E-state index in [0.29, 0.717) is 23.4 Å². The standard InChI is InChI=1S/C17H21ClN2O3/c1-19-16(23)20(15(22)17(19)9-5-2-6-10-17)11-14(21)12-7-3-4-8-13(12)18/h3-4,7-8,14,21H,2,5-6,9-11H2,1H3/t14-/m0/s1. The van der Waals surface area contributed by atoms with Crippen LogP contribution in [0.3, 0.4) is 0 Å². The predicted molar refractivity (Wildman–Crippen MR) is 87.1 cm³/mol. The molecule has 1 N–H and O–H groups in total. The lowest BCUT2D eigenvalue weighted by Gasteiger charge is -2.35. The highest BCUT2D eigenvalue weighted by atomic mass is 35.5. The summed E-state index contributed by atoms with van der Waals surface area (Å²) in [5.41, 5.74) is -0.183. The van der Waals surface area contributed by atoms with Gasteiger partial charge < -0.3 is 10.0 Å². The molecule has 1 saturated heterocycles. The van der Waals surface area contributed by atoms with Crippen molar-refractivity contribution in [3.63, 3.8) is 0 Å². The van der Waals surface area contributed by atoms with Crippen LogP contribution in [0.2, 0.25) is 5.02 Å². The van der Waals surface area contributed by atoms with E-state index >= 15 is 0 Å². The number of imide groups is 1. The number of β-amino-alcohol motifs (C(OH)–C–C–N with tert-alkyl or cyclic N) is 1. The number of halogens is 1. The molecule has 6 heteroatoms. The normalized spacial score (nSPS) is 22.0. The maximum Gasteiger partial charge on any atom is 0.327 e. The van der Waals surface area contributed by atoms with Gasteiger partial charge in [0, 0.05) is 17.6 Å². The van der Waals surface area contributed by atoms with Crippen molar-refractivity contribution >= 4 is 23.5 Å². The van der Waals surface area contributed by atoms with E-state index in [1.54, 1.807) is 36.2 Å². The highest BCUT2D eigenvalue weighted by molar-refractivity contribution is 6.31. The van der Waals surface area contributed by atoms with Crippen molar-refractivity contribution in [3.05, 3.63) is 34.9 Å². The number of urea groups is 1. The maximum absolute atomic E-state index is 12.9. The summed E-state index contributed by atoms with van der Waals surface area (Å²) in [7, 11) is 1.69. The summed E-state index contributed by atoms with van der Waals surface area (Å²) < 4.78 is 0. The van der Waals surface area contributed by atoms with Crippen LogP contribution in [-0.2, 0) is 4.79 Å². The second-order valence-corrected chi connectivity index (χ2v) is 6.79. The number of rotatable bonds is 3. The average Bonchev–Trinajstić information content (AvgIpc) is 2.72. The molecule has 1 aromatic rings. The van der Waals surface area contributed by atoms with Crippen molar-refractivity contribution in [2.75, 3.05) is 13.6 Å². The van der Waals surface area contributed by atoms with E-state index in [4.69, 9.17) is 11.6 Å². The molecular weight excluding hydrogens is 316 g/mol. The van der Waals surface area contributed by atoms with Gasteiger partial charge in [0.15, 0.2) is 0 Å². The Kier molecular flexibility index (Phi) is 4.34. The van der Waals surface area contributed by atoms with Crippen molar-refractivity contribution in [2.24, 2.45) is 0 Å². The quantitative estimate of drug-likeness (QED) is 0.863. The molecule has 0 radical (unpaired) electrons. The summed E-state index contributed by atoms with van der Waals surface area (Å²) in [5, 5.41) is 10.9. The Morgan fingerprint density at radius 1 is 1.22 bits per heavy atom. The first-order chi connectivity index (χ1) is 11.0. The van der Waals surface area contributed by atoms with Gasteiger partial charge in [-0.1, -0.05) is 49.1 Å². The van der Waals surface area contributed by atoms with Gasteiger partial charge in [-0.2, -0.15) is 0 Å².